The summed E-state index contributed by atoms with van der Waals surface area (Å²) in [5.74, 6) is 0.578. The Labute approximate surface area is 118 Å². The number of hydrogen-bond acceptors (Lipinski definition) is 0. The third-order valence-electron chi connectivity index (χ3n) is 3.39. The lowest BCUT2D eigenvalue weighted by atomic mass is 9.81. The summed E-state index contributed by atoms with van der Waals surface area (Å²) in [4.78, 5) is 0. The van der Waals surface area contributed by atoms with E-state index < -0.39 is 0 Å². The van der Waals surface area contributed by atoms with Crippen LogP contribution >= 0.6 is 0 Å². The Balaban J connectivity index is 0.000000861. The third kappa shape index (κ3) is 3.37. The zero-order valence-electron chi connectivity index (χ0n) is 13.5. The number of rotatable bonds is 1. The van der Waals surface area contributed by atoms with E-state index in [0.29, 0.717) is 5.92 Å². The van der Waals surface area contributed by atoms with Gasteiger partial charge in [-0.25, -0.2) is 0 Å². The molecule has 0 heteroatoms. The summed E-state index contributed by atoms with van der Waals surface area (Å²) in [5.41, 5.74) is 3.10. The van der Waals surface area contributed by atoms with Gasteiger partial charge in [-0.2, -0.15) is 0 Å². The Hall–Kier alpha value is -1.30. The van der Waals surface area contributed by atoms with Crippen LogP contribution in [0.25, 0.3) is 10.8 Å². The van der Waals surface area contributed by atoms with E-state index in [4.69, 9.17) is 0 Å². The molecule has 0 atom stereocenters. The molecule has 0 aromatic heterocycles. The van der Waals surface area contributed by atoms with Gasteiger partial charge in [-0.3, -0.25) is 0 Å². The first-order valence-corrected chi connectivity index (χ1v) is 7.43. The fraction of sp³-hybridized carbons (Fsp3) is 0.474. The zero-order chi connectivity index (χ0) is 14.6. The van der Waals surface area contributed by atoms with Crippen LogP contribution < -0.4 is 0 Å². The molecule has 0 saturated carbocycles. The van der Waals surface area contributed by atoms with E-state index in [1.54, 1.807) is 0 Å². The number of hydrogen-bond donors (Lipinski definition) is 0. The van der Waals surface area contributed by atoms with Gasteiger partial charge in [-0.05, 0) is 33.2 Å². The van der Waals surface area contributed by atoms with Crippen LogP contribution in [-0.2, 0) is 5.41 Å². The molecule has 0 amide bonds. The molecule has 0 aliphatic rings. The van der Waals surface area contributed by atoms with E-state index in [1.165, 1.54) is 21.9 Å². The summed E-state index contributed by atoms with van der Waals surface area (Å²) in [7, 11) is 0. The lowest BCUT2D eigenvalue weighted by Gasteiger charge is -2.23. The average Bonchev–Trinajstić information content (AvgIpc) is 2.38. The van der Waals surface area contributed by atoms with Crippen molar-refractivity contribution in [1.29, 1.82) is 0 Å². The highest BCUT2D eigenvalue weighted by molar-refractivity contribution is 5.89. The van der Waals surface area contributed by atoms with Crippen molar-refractivity contribution in [2.24, 2.45) is 0 Å². The average molecular weight is 256 g/mol. The molecule has 2 aromatic rings. The van der Waals surface area contributed by atoms with Crippen molar-refractivity contribution >= 4 is 10.8 Å². The fourth-order valence-corrected chi connectivity index (χ4v) is 2.48. The van der Waals surface area contributed by atoms with Gasteiger partial charge >= 0.3 is 0 Å². The smallest absolute Gasteiger partial charge is 0.0126 e. The molecule has 0 nitrogen and oxygen atoms in total. The van der Waals surface area contributed by atoms with Crippen molar-refractivity contribution in [2.75, 3.05) is 0 Å². The molecule has 2 aromatic carbocycles. The number of benzene rings is 2. The first kappa shape index (κ1) is 15.8. The predicted octanol–water partition coefficient (Wildman–Crippen LogP) is 6.29. The lowest BCUT2D eigenvalue weighted by Crippen LogP contribution is -2.12. The molecule has 0 aliphatic carbocycles. The molecular weight excluding hydrogens is 228 g/mol. The van der Waals surface area contributed by atoms with Crippen molar-refractivity contribution in [3.63, 3.8) is 0 Å². The van der Waals surface area contributed by atoms with Crippen LogP contribution in [0.1, 0.15) is 65.5 Å². The SMILES string of the molecule is CC.CC(C)c1ccc(C(C)(C)C)c2ccccc12. The monoisotopic (exact) mass is 256 g/mol. The largest absolute Gasteiger partial charge is 0.0683 e. The highest BCUT2D eigenvalue weighted by Crippen LogP contribution is 2.34. The second-order valence-electron chi connectivity index (χ2n) is 6.15. The molecule has 0 saturated heterocycles. The van der Waals surface area contributed by atoms with Crippen LogP contribution in [0.2, 0.25) is 0 Å². The second-order valence-corrected chi connectivity index (χ2v) is 6.15. The number of fused-ring (bicyclic) bond motifs is 1. The van der Waals surface area contributed by atoms with Gasteiger partial charge in [0.05, 0.1) is 0 Å². The first-order valence-electron chi connectivity index (χ1n) is 7.43. The van der Waals surface area contributed by atoms with Crippen LogP contribution in [0.5, 0.6) is 0 Å². The molecule has 0 aliphatic heterocycles. The van der Waals surface area contributed by atoms with Gasteiger partial charge in [0.2, 0.25) is 0 Å². The standard InChI is InChI=1S/C17H22.C2H6/c1-12(2)13-10-11-16(17(3,4)5)15-9-7-6-8-14(13)15;1-2/h6-12H,1-5H3;1-2H3. The van der Waals surface area contributed by atoms with Crippen LogP contribution in [0.15, 0.2) is 36.4 Å². The minimum atomic E-state index is 0.203. The molecular formula is C19H28. The van der Waals surface area contributed by atoms with E-state index in [9.17, 15) is 0 Å². The van der Waals surface area contributed by atoms with Gasteiger partial charge in [0.15, 0.2) is 0 Å². The normalized spacial score (nSPS) is 11.4. The third-order valence-corrected chi connectivity index (χ3v) is 3.39. The summed E-state index contributed by atoms with van der Waals surface area (Å²) in [6.07, 6.45) is 0. The molecule has 0 spiro atoms. The molecule has 0 unspecified atom stereocenters. The molecule has 0 N–H and O–H groups in total. The zero-order valence-corrected chi connectivity index (χ0v) is 13.5. The van der Waals surface area contributed by atoms with E-state index in [1.807, 2.05) is 13.8 Å². The Morgan fingerprint density at radius 2 is 1.32 bits per heavy atom. The van der Waals surface area contributed by atoms with E-state index in [2.05, 4.69) is 71.0 Å². The summed E-state index contributed by atoms with van der Waals surface area (Å²) in [6, 6.07) is 13.4. The van der Waals surface area contributed by atoms with Crippen molar-refractivity contribution in [1.82, 2.24) is 0 Å². The molecule has 0 fully saturated rings. The van der Waals surface area contributed by atoms with E-state index in [0.717, 1.165) is 0 Å². The Morgan fingerprint density at radius 3 is 1.79 bits per heavy atom. The van der Waals surface area contributed by atoms with Crippen LogP contribution in [-0.4, -0.2) is 0 Å². The maximum atomic E-state index is 2.30. The highest BCUT2D eigenvalue weighted by Gasteiger charge is 2.18. The van der Waals surface area contributed by atoms with E-state index in [-0.39, 0.29) is 5.41 Å². The van der Waals surface area contributed by atoms with Crippen LogP contribution in [0, 0.1) is 0 Å². The molecule has 0 radical (unpaired) electrons. The maximum absolute atomic E-state index is 2.30. The van der Waals surface area contributed by atoms with Gasteiger partial charge in [0.25, 0.3) is 0 Å². The first-order chi connectivity index (χ1) is 8.91. The van der Waals surface area contributed by atoms with Crippen LogP contribution in [0.3, 0.4) is 0 Å². The Kier molecular flexibility index (Phi) is 5.17. The molecule has 19 heavy (non-hydrogen) atoms. The predicted molar refractivity (Wildman–Crippen MR) is 88.1 cm³/mol. The summed E-state index contributed by atoms with van der Waals surface area (Å²) in [6.45, 7) is 15.4. The van der Waals surface area contributed by atoms with Gasteiger partial charge < -0.3 is 0 Å². The van der Waals surface area contributed by atoms with Crippen LogP contribution in [0.4, 0.5) is 0 Å². The van der Waals surface area contributed by atoms with Crippen molar-refractivity contribution in [3.05, 3.63) is 47.5 Å². The van der Waals surface area contributed by atoms with E-state index >= 15 is 0 Å². The van der Waals surface area contributed by atoms with Crippen molar-refractivity contribution in [3.8, 4) is 0 Å². The van der Waals surface area contributed by atoms with Gasteiger partial charge in [0, 0.05) is 0 Å². The summed E-state index contributed by atoms with van der Waals surface area (Å²) >= 11 is 0. The lowest BCUT2D eigenvalue weighted by molar-refractivity contribution is 0.595. The summed E-state index contributed by atoms with van der Waals surface area (Å²) < 4.78 is 0. The molecule has 0 heterocycles. The fourth-order valence-electron chi connectivity index (χ4n) is 2.48. The minimum Gasteiger partial charge on any atom is -0.0683 e. The van der Waals surface area contributed by atoms with Gasteiger partial charge in [-0.15, -0.1) is 0 Å². The quantitative estimate of drug-likeness (QED) is 0.562. The maximum Gasteiger partial charge on any atom is -0.0126 e. The van der Waals surface area contributed by atoms with Crippen molar-refractivity contribution in [2.45, 2.75) is 59.8 Å². The van der Waals surface area contributed by atoms with Crippen molar-refractivity contribution < 1.29 is 0 Å². The minimum absolute atomic E-state index is 0.203. The molecule has 0 bridgehead atoms. The van der Waals surface area contributed by atoms with Gasteiger partial charge in [-0.1, -0.05) is 84.9 Å². The highest BCUT2D eigenvalue weighted by atomic mass is 14.2. The molecule has 104 valence electrons. The van der Waals surface area contributed by atoms with Gasteiger partial charge in [0.1, 0.15) is 0 Å². The summed E-state index contributed by atoms with van der Waals surface area (Å²) in [5, 5.41) is 2.82. The molecule has 2 rings (SSSR count). The second kappa shape index (κ2) is 6.23. The Bertz CT molecular complexity index is 527. The topological polar surface area (TPSA) is 0 Å². The Morgan fingerprint density at radius 1 is 0.789 bits per heavy atom.